The summed E-state index contributed by atoms with van der Waals surface area (Å²) in [6.07, 6.45) is 11.6. The predicted octanol–water partition coefficient (Wildman–Crippen LogP) is 1.92. The Bertz CT molecular complexity index is 579. The van der Waals surface area contributed by atoms with Crippen LogP contribution in [0.3, 0.4) is 0 Å². The molecule has 19 heavy (non-hydrogen) atoms. The van der Waals surface area contributed by atoms with Gasteiger partial charge in [-0.05, 0) is 12.2 Å². The average Bonchev–Trinajstić information content (AvgIpc) is 2.85. The molecule has 96 valence electrons. The maximum absolute atomic E-state index is 12.2. The number of carbonyl (C=O) groups is 1. The Morgan fingerprint density at radius 2 is 2.37 bits per heavy atom. The number of allylic oxidation sites excluding steroid dienone is 4. The van der Waals surface area contributed by atoms with E-state index in [1.165, 1.54) is 12.5 Å². The SMILES string of the molecule is C=CCN1C=CC=C(C(=O)C(=C)c2c[nH]cn2)C=N1. The first-order valence-corrected chi connectivity index (χ1v) is 5.75. The van der Waals surface area contributed by atoms with Crippen molar-refractivity contribution in [2.75, 3.05) is 6.54 Å². The van der Waals surface area contributed by atoms with Crippen LogP contribution in [-0.2, 0) is 4.79 Å². The molecular formula is C14H14N4O. The Morgan fingerprint density at radius 3 is 3.05 bits per heavy atom. The van der Waals surface area contributed by atoms with Crippen LogP contribution in [0, 0.1) is 0 Å². The Morgan fingerprint density at radius 1 is 1.53 bits per heavy atom. The zero-order valence-electron chi connectivity index (χ0n) is 10.4. The molecule has 0 unspecified atom stereocenters. The van der Waals surface area contributed by atoms with E-state index in [2.05, 4.69) is 28.2 Å². The molecule has 0 radical (unpaired) electrons. The van der Waals surface area contributed by atoms with E-state index in [-0.39, 0.29) is 5.78 Å². The van der Waals surface area contributed by atoms with Crippen molar-refractivity contribution < 1.29 is 4.79 Å². The molecular weight excluding hydrogens is 240 g/mol. The normalized spacial score (nSPS) is 13.9. The van der Waals surface area contributed by atoms with Crippen molar-refractivity contribution in [3.63, 3.8) is 0 Å². The number of aromatic nitrogens is 2. The number of nitrogens with one attached hydrogen (secondary N) is 1. The number of nitrogens with zero attached hydrogens (tertiary/aromatic N) is 3. The average molecular weight is 254 g/mol. The van der Waals surface area contributed by atoms with Crippen LogP contribution in [0.2, 0.25) is 0 Å². The van der Waals surface area contributed by atoms with Crippen molar-refractivity contribution in [2.45, 2.75) is 0 Å². The molecule has 1 aromatic rings. The van der Waals surface area contributed by atoms with Gasteiger partial charge in [-0.1, -0.05) is 12.7 Å². The highest BCUT2D eigenvalue weighted by Gasteiger charge is 2.15. The molecule has 0 amide bonds. The van der Waals surface area contributed by atoms with Gasteiger partial charge in [-0.2, -0.15) is 5.10 Å². The van der Waals surface area contributed by atoms with E-state index in [9.17, 15) is 4.79 Å². The zero-order chi connectivity index (χ0) is 13.7. The first kappa shape index (κ1) is 12.8. The first-order valence-electron chi connectivity index (χ1n) is 5.75. The highest BCUT2D eigenvalue weighted by atomic mass is 16.1. The van der Waals surface area contributed by atoms with Crippen LogP contribution in [0.5, 0.6) is 0 Å². The lowest BCUT2D eigenvalue weighted by atomic mass is 10.0. The summed E-state index contributed by atoms with van der Waals surface area (Å²) in [5.74, 6) is -0.194. The minimum Gasteiger partial charge on any atom is -0.351 e. The number of hydrogen-bond acceptors (Lipinski definition) is 4. The van der Waals surface area contributed by atoms with E-state index in [0.29, 0.717) is 23.4 Å². The molecule has 0 saturated heterocycles. The molecule has 0 bridgehead atoms. The van der Waals surface area contributed by atoms with E-state index in [4.69, 9.17) is 0 Å². The molecule has 0 fully saturated rings. The van der Waals surface area contributed by atoms with Gasteiger partial charge in [-0.25, -0.2) is 4.98 Å². The Kier molecular flexibility index (Phi) is 3.87. The summed E-state index contributed by atoms with van der Waals surface area (Å²) in [7, 11) is 0. The lowest BCUT2D eigenvalue weighted by Gasteiger charge is -2.09. The van der Waals surface area contributed by atoms with Crippen molar-refractivity contribution in [3.05, 3.63) is 61.4 Å². The van der Waals surface area contributed by atoms with E-state index < -0.39 is 0 Å². The van der Waals surface area contributed by atoms with Crippen LogP contribution < -0.4 is 0 Å². The summed E-state index contributed by atoms with van der Waals surface area (Å²) in [4.78, 5) is 19.0. The maximum atomic E-state index is 12.2. The largest absolute Gasteiger partial charge is 0.351 e. The molecule has 5 heteroatoms. The van der Waals surface area contributed by atoms with Gasteiger partial charge in [-0.15, -0.1) is 6.58 Å². The Balaban J connectivity index is 2.15. The number of rotatable bonds is 5. The number of hydrogen-bond donors (Lipinski definition) is 1. The van der Waals surface area contributed by atoms with E-state index in [0.717, 1.165) is 0 Å². The summed E-state index contributed by atoms with van der Waals surface area (Å²) in [5, 5.41) is 5.85. The number of hydrazone groups is 1. The molecule has 0 aliphatic carbocycles. The molecule has 2 rings (SSSR count). The number of imidazole rings is 1. The van der Waals surface area contributed by atoms with Crippen molar-refractivity contribution in [3.8, 4) is 0 Å². The van der Waals surface area contributed by atoms with E-state index in [1.807, 2.05) is 0 Å². The van der Waals surface area contributed by atoms with Crippen LogP contribution >= 0.6 is 0 Å². The second-order valence-corrected chi connectivity index (χ2v) is 3.88. The highest BCUT2D eigenvalue weighted by Crippen LogP contribution is 2.15. The zero-order valence-corrected chi connectivity index (χ0v) is 10.4. The number of carbonyl (C=O) groups excluding carboxylic acids is 1. The molecule has 1 aliphatic heterocycles. The van der Waals surface area contributed by atoms with Crippen molar-refractivity contribution in [1.29, 1.82) is 0 Å². The molecule has 0 aromatic carbocycles. The predicted molar refractivity (Wildman–Crippen MR) is 75.2 cm³/mol. The molecule has 0 spiro atoms. The van der Waals surface area contributed by atoms with Gasteiger partial charge in [0.2, 0.25) is 0 Å². The standard InChI is InChI=1S/C14H14N4O/c1-3-6-18-7-4-5-12(8-17-18)14(19)11(2)13-9-15-10-16-13/h3-5,7-10H,1-2,6H2,(H,15,16). The summed E-state index contributed by atoms with van der Waals surface area (Å²) >= 11 is 0. The number of ketones is 1. The third-order valence-electron chi connectivity index (χ3n) is 2.54. The fraction of sp³-hybridized carbons (Fsp3) is 0.0714. The minimum absolute atomic E-state index is 0.194. The number of aromatic amines is 1. The minimum atomic E-state index is -0.194. The first-order chi connectivity index (χ1) is 9.22. The lowest BCUT2D eigenvalue weighted by Crippen LogP contribution is -2.10. The second kappa shape index (κ2) is 5.77. The summed E-state index contributed by atoms with van der Waals surface area (Å²) in [6.45, 7) is 8.00. The van der Waals surface area contributed by atoms with Gasteiger partial charge in [0.15, 0.2) is 5.78 Å². The van der Waals surface area contributed by atoms with Gasteiger partial charge in [0.25, 0.3) is 0 Å². The quantitative estimate of drug-likeness (QED) is 0.645. The third-order valence-corrected chi connectivity index (χ3v) is 2.54. The van der Waals surface area contributed by atoms with Crippen LogP contribution in [-0.4, -0.2) is 33.5 Å². The van der Waals surface area contributed by atoms with E-state index >= 15 is 0 Å². The third kappa shape index (κ3) is 2.95. The van der Waals surface area contributed by atoms with Crippen LogP contribution in [0.15, 0.2) is 60.8 Å². The van der Waals surface area contributed by atoms with Crippen molar-refractivity contribution in [2.24, 2.45) is 5.10 Å². The molecule has 1 aromatic heterocycles. The van der Waals surface area contributed by atoms with E-state index in [1.54, 1.807) is 35.6 Å². The van der Waals surface area contributed by atoms with Crippen LogP contribution in [0.4, 0.5) is 0 Å². The lowest BCUT2D eigenvalue weighted by molar-refractivity contribution is -0.110. The highest BCUT2D eigenvalue weighted by molar-refractivity contribution is 6.34. The Labute approximate surface area is 111 Å². The molecule has 5 nitrogen and oxygen atoms in total. The second-order valence-electron chi connectivity index (χ2n) is 3.88. The Hall–Kier alpha value is -2.69. The number of H-pyrrole nitrogens is 1. The van der Waals surface area contributed by atoms with Gasteiger partial charge in [0.05, 0.1) is 24.8 Å². The molecule has 0 saturated carbocycles. The van der Waals surface area contributed by atoms with Gasteiger partial charge in [-0.3, -0.25) is 9.80 Å². The number of Topliss-reactive ketones (excluding diaryl/α,β-unsaturated/α-hetero) is 1. The molecule has 1 aliphatic rings. The molecule has 2 heterocycles. The van der Waals surface area contributed by atoms with Crippen molar-refractivity contribution in [1.82, 2.24) is 15.0 Å². The summed E-state index contributed by atoms with van der Waals surface area (Å²) < 4.78 is 0. The fourth-order valence-corrected chi connectivity index (χ4v) is 1.55. The molecule has 0 atom stereocenters. The van der Waals surface area contributed by atoms with Gasteiger partial charge < -0.3 is 4.98 Å². The van der Waals surface area contributed by atoms with Gasteiger partial charge in [0, 0.05) is 23.5 Å². The summed E-state index contributed by atoms with van der Waals surface area (Å²) in [6, 6.07) is 0. The topological polar surface area (TPSA) is 61.4 Å². The fourth-order valence-electron chi connectivity index (χ4n) is 1.55. The van der Waals surface area contributed by atoms with Crippen molar-refractivity contribution >= 4 is 17.6 Å². The van der Waals surface area contributed by atoms with Gasteiger partial charge >= 0.3 is 0 Å². The maximum Gasteiger partial charge on any atom is 0.196 e. The molecule has 1 N–H and O–H groups in total. The van der Waals surface area contributed by atoms with Crippen LogP contribution in [0.1, 0.15) is 5.69 Å². The van der Waals surface area contributed by atoms with Crippen LogP contribution in [0.25, 0.3) is 5.57 Å². The monoisotopic (exact) mass is 254 g/mol. The summed E-state index contributed by atoms with van der Waals surface area (Å²) in [5.41, 5.74) is 1.34. The van der Waals surface area contributed by atoms with Gasteiger partial charge in [0.1, 0.15) is 0 Å². The smallest absolute Gasteiger partial charge is 0.196 e.